The SMILES string of the molecule is CCC(C)C(NC(=O)c1ccccc1F)C(=O)Nc1nnc(-c2ccc(OC)cc2)s1. The molecule has 2 amide bonds. The summed E-state index contributed by atoms with van der Waals surface area (Å²) in [6, 6.07) is 12.1. The highest BCUT2D eigenvalue weighted by molar-refractivity contribution is 7.18. The van der Waals surface area contributed by atoms with E-state index in [1.807, 2.05) is 38.1 Å². The zero-order chi connectivity index (χ0) is 22.4. The molecule has 2 aromatic carbocycles. The number of anilines is 1. The maximum Gasteiger partial charge on any atom is 0.254 e. The Morgan fingerprint density at radius 3 is 2.48 bits per heavy atom. The van der Waals surface area contributed by atoms with Gasteiger partial charge in [0.1, 0.15) is 22.6 Å². The van der Waals surface area contributed by atoms with Gasteiger partial charge in [-0.1, -0.05) is 43.7 Å². The Morgan fingerprint density at radius 2 is 1.84 bits per heavy atom. The first-order valence-corrected chi connectivity index (χ1v) is 10.6. The number of aromatic nitrogens is 2. The van der Waals surface area contributed by atoms with Crippen LogP contribution in [0, 0.1) is 11.7 Å². The summed E-state index contributed by atoms with van der Waals surface area (Å²) in [5.74, 6) is -1.17. The lowest BCUT2D eigenvalue weighted by atomic mass is 9.98. The molecule has 162 valence electrons. The van der Waals surface area contributed by atoms with Crippen LogP contribution in [0.3, 0.4) is 0 Å². The molecule has 0 saturated heterocycles. The molecule has 0 aliphatic carbocycles. The number of benzene rings is 2. The molecule has 0 fully saturated rings. The number of rotatable bonds is 8. The van der Waals surface area contributed by atoms with Crippen LogP contribution in [-0.2, 0) is 4.79 Å². The number of methoxy groups -OCH3 is 1. The number of hydrogen-bond donors (Lipinski definition) is 2. The number of hydrogen-bond acceptors (Lipinski definition) is 6. The number of nitrogens with zero attached hydrogens (tertiary/aromatic N) is 2. The van der Waals surface area contributed by atoms with Crippen LogP contribution in [0.1, 0.15) is 30.6 Å². The van der Waals surface area contributed by atoms with E-state index in [0.29, 0.717) is 16.6 Å². The van der Waals surface area contributed by atoms with Gasteiger partial charge in [-0.15, -0.1) is 10.2 Å². The quantitative estimate of drug-likeness (QED) is 0.547. The zero-order valence-corrected chi connectivity index (χ0v) is 18.2. The highest BCUT2D eigenvalue weighted by Gasteiger charge is 2.28. The van der Waals surface area contributed by atoms with Crippen LogP contribution in [0.4, 0.5) is 9.52 Å². The van der Waals surface area contributed by atoms with E-state index < -0.39 is 23.7 Å². The maximum atomic E-state index is 13.9. The normalized spacial score (nSPS) is 12.6. The van der Waals surface area contributed by atoms with E-state index in [1.165, 1.54) is 29.5 Å². The second kappa shape index (κ2) is 10.1. The molecule has 3 rings (SSSR count). The van der Waals surface area contributed by atoms with Crippen molar-refractivity contribution in [1.82, 2.24) is 15.5 Å². The second-order valence-electron chi connectivity index (χ2n) is 6.95. The van der Waals surface area contributed by atoms with Crippen LogP contribution in [-0.4, -0.2) is 35.2 Å². The Kier molecular flexibility index (Phi) is 7.30. The molecular formula is C22H23FN4O3S. The number of amides is 2. The number of nitrogens with one attached hydrogen (secondary N) is 2. The molecule has 0 bridgehead atoms. The van der Waals surface area contributed by atoms with Gasteiger partial charge in [0.15, 0.2) is 0 Å². The fraction of sp³-hybridized carbons (Fsp3) is 0.273. The standard InChI is InChI=1S/C22H23FN4O3S/c1-4-13(2)18(24-19(28)16-7-5-6-8-17(16)23)20(29)25-22-27-26-21(31-22)14-9-11-15(30-3)12-10-14/h5-13,18H,4H2,1-3H3,(H,24,28)(H,25,27,29). The summed E-state index contributed by atoms with van der Waals surface area (Å²) in [5.41, 5.74) is 0.728. The molecule has 7 nitrogen and oxygen atoms in total. The zero-order valence-electron chi connectivity index (χ0n) is 17.4. The fourth-order valence-electron chi connectivity index (χ4n) is 2.87. The molecule has 31 heavy (non-hydrogen) atoms. The average Bonchev–Trinajstić information content (AvgIpc) is 3.25. The second-order valence-corrected chi connectivity index (χ2v) is 7.92. The van der Waals surface area contributed by atoms with Gasteiger partial charge in [0, 0.05) is 5.56 Å². The van der Waals surface area contributed by atoms with E-state index >= 15 is 0 Å². The number of halogens is 1. The van der Waals surface area contributed by atoms with E-state index in [1.54, 1.807) is 13.2 Å². The van der Waals surface area contributed by atoms with Gasteiger partial charge in [0.05, 0.1) is 12.7 Å². The first kappa shape index (κ1) is 22.4. The van der Waals surface area contributed by atoms with Gasteiger partial charge in [-0.25, -0.2) is 4.39 Å². The Hall–Kier alpha value is -3.33. The van der Waals surface area contributed by atoms with Crippen molar-refractivity contribution in [3.63, 3.8) is 0 Å². The van der Waals surface area contributed by atoms with Crippen molar-refractivity contribution in [2.45, 2.75) is 26.3 Å². The van der Waals surface area contributed by atoms with Crippen LogP contribution in [0.2, 0.25) is 0 Å². The number of ether oxygens (including phenoxy) is 1. The molecule has 3 aromatic rings. The molecule has 1 heterocycles. The maximum absolute atomic E-state index is 13.9. The number of carbonyl (C=O) groups excluding carboxylic acids is 2. The third kappa shape index (κ3) is 5.43. The van der Waals surface area contributed by atoms with Gasteiger partial charge in [-0.2, -0.15) is 0 Å². The molecule has 2 unspecified atom stereocenters. The predicted octanol–water partition coefficient (Wildman–Crippen LogP) is 4.14. The van der Waals surface area contributed by atoms with Crippen molar-refractivity contribution in [3.8, 4) is 16.3 Å². The molecule has 0 saturated carbocycles. The van der Waals surface area contributed by atoms with E-state index in [4.69, 9.17) is 4.74 Å². The van der Waals surface area contributed by atoms with E-state index in [0.717, 1.165) is 11.3 Å². The summed E-state index contributed by atoms with van der Waals surface area (Å²) in [4.78, 5) is 25.4. The van der Waals surface area contributed by atoms with Crippen LogP contribution in [0.15, 0.2) is 48.5 Å². The highest BCUT2D eigenvalue weighted by Crippen LogP contribution is 2.28. The highest BCUT2D eigenvalue weighted by atomic mass is 32.1. The smallest absolute Gasteiger partial charge is 0.254 e. The van der Waals surface area contributed by atoms with Gasteiger partial charge in [-0.3, -0.25) is 14.9 Å². The molecule has 2 atom stereocenters. The minimum atomic E-state index is -0.856. The summed E-state index contributed by atoms with van der Waals surface area (Å²) in [6.45, 7) is 3.75. The van der Waals surface area contributed by atoms with Crippen molar-refractivity contribution in [2.75, 3.05) is 12.4 Å². The van der Waals surface area contributed by atoms with Crippen molar-refractivity contribution in [2.24, 2.45) is 5.92 Å². The molecule has 9 heteroatoms. The van der Waals surface area contributed by atoms with Crippen molar-refractivity contribution in [3.05, 3.63) is 59.9 Å². The van der Waals surface area contributed by atoms with Crippen molar-refractivity contribution >= 4 is 28.3 Å². The molecule has 0 radical (unpaired) electrons. The largest absolute Gasteiger partial charge is 0.497 e. The van der Waals surface area contributed by atoms with Crippen LogP contribution in [0.25, 0.3) is 10.6 Å². The summed E-state index contributed by atoms with van der Waals surface area (Å²) in [6.07, 6.45) is 0.642. The first-order chi connectivity index (χ1) is 14.9. The Bertz CT molecular complexity index is 1050. The minimum absolute atomic E-state index is 0.110. The van der Waals surface area contributed by atoms with Crippen LogP contribution >= 0.6 is 11.3 Å². The monoisotopic (exact) mass is 442 g/mol. The molecular weight excluding hydrogens is 419 g/mol. The fourth-order valence-corrected chi connectivity index (χ4v) is 3.63. The minimum Gasteiger partial charge on any atom is -0.497 e. The molecule has 1 aromatic heterocycles. The van der Waals surface area contributed by atoms with Crippen molar-refractivity contribution < 1.29 is 18.7 Å². The number of carbonyl (C=O) groups is 2. The van der Waals surface area contributed by atoms with Gasteiger partial charge in [0.2, 0.25) is 11.0 Å². The Balaban J connectivity index is 1.73. The van der Waals surface area contributed by atoms with Crippen LogP contribution in [0.5, 0.6) is 5.75 Å². The van der Waals surface area contributed by atoms with Gasteiger partial charge >= 0.3 is 0 Å². The van der Waals surface area contributed by atoms with E-state index in [9.17, 15) is 14.0 Å². The molecule has 0 spiro atoms. The van der Waals surface area contributed by atoms with E-state index in [-0.39, 0.29) is 11.5 Å². The topological polar surface area (TPSA) is 93.2 Å². The predicted molar refractivity (Wildman–Crippen MR) is 118 cm³/mol. The van der Waals surface area contributed by atoms with Crippen LogP contribution < -0.4 is 15.4 Å². The summed E-state index contributed by atoms with van der Waals surface area (Å²) >= 11 is 1.21. The first-order valence-electron chi connectivity index (χ1n) is 9.77. The van der Waals surface area contributed by atoms with Gasteiger partial charge in [-0.05, 0) is 42.3 Å². The lowest BCUT2D eigenvalue weighted by Gasteiger charge is -2.23. The van der Waals surface area contributed by atoms with Crippen molar-refractivity contribution in [1.29, 1.82) is 0 Å². The third-order valence-corrected chi connectivity index (χ3v) is 5.78. The Morgan fingerprint density at radius 1 is 1.13 bits per heavy atom. The summed E-state index contributed by atoms with van der Waals surface area (Å²) in [7, 11) is 1.59. The summed E-state index contributed by atoms with van der Waals surface area (Å²) < 4.78 is 19.1. The lowest BCUT2D eigenvalue weighted by Crippen LogP contribution is -2.47. The molecule has 2 N–H and O–H groups in total. The summed E-state index contributed by atoms with van der Waals surface area (Å²) in [5, 5.41) is 14.4. The lowest BCUT2D eigenvalue weighted by molar-refractivity contribution is -0.119. The molecule has 0 aliphatic heterocycles. The Labute approximate surface area is 183 Å². The third-order valence-electron chi connectivity index (χ3n) is 4.89. The molecule has 0 aliphatic rings. The van der Waals surface area contributed by atoms with E-state index in [2.05, 4.69) is 20.8 Å². The van der Waals surface area contributed by atoms with Gasteiger partial charge < -0.3 is 10.1 Å². The van der Waals surface area contributed by atoms with Gasteiger partial charge in [0.25, 0.3) is 5.91 Å². The average molecular weight is 443 g/mol.